The third-order valence-corrected chi connectivity index (χ3v) is 7.85. The number of halogens is 1. The second-order valence-corrected chi connectivity index (χ2v) is 10.6. The van der Waals surface area contributed by atoms with E-state index in [2.05, 4.69) is 26.2 Å². The van der Waals surface area contributed by atoms with E-state index in [0.29, 0.717) is 27.8 Å². The van der Waals surface area contributed by atoms with Gasteiger partial charge in [-0.15, -0.1) is 11.8 Å². The molecule has 156 valence electrons. The lowest BCUT2D eigenvalue weighted by atomic mass is 10.1. The normalized spacial score (nSPS) is 11.2. The summed E-state index contributed by atoms with van der Waals surface area (Å²) in [6.45, 7) is 0.502. The molecule has 0 unspecified atom stereocenters. The molecule has 2 aromatic carbocycles. The van der Waals surface area contributed by atoms with Crippen molar-refractivity contribution >= 4 is 43.4 Å². The van der Waals surface area contributed by atoms with Gasteiger partial charge in [0, 0.05) is 23.0 Å². The summed E-state index contributed by atoms with van der Waals surface area (Å²) in [7, 11) is -3.36. The Kier molecular flexibility index (Phi) is 8.07. The predicted octanol–water partition coefficient (Wildman–Crippen LogP) is 4.38. The summed E-state index contributed by atoms with van der Waals surface area (Å²) in [6, 6.07) is 19.7. The molecular formula is C22H21BrN2O3S2. The Morgan fingerprint density at radius 2 is 1.73 bits per heavy atom. The molecule has 3 aromatic rings. The van der Waals surface area contributed by atoms with Crippen LogP contribution in [-0.4, -0.2) is 37.4 Å². The van der Waals surface area contributed by atoms with E-state index in [1.165, 1.54) is 11.8 Å². The summed E-state index contributed by atoms with van der Waals surface area (Å²) in [6.07, 6.45) is 2.32. The van der Waals surface area contributed by atoms with Crippen LogP contribution in [-0.2, 0) is 16.3 Å². The number of carbonyl (C=O) groups excluding carboxylic acids is 1. The first kappa shape index (κ1) is 22.5. The van der Waals surface area contributed by atoms with E-state index in [1.54, 1.807) is 48.7 Å². The van der Waals surface area contributed by atoms with Gasteiger partial charge in [0.2, 0.25) is 0 Å². The van der Waals surface area contributed by atoms with Gasteiger partial charge in [0.1, 0.15) is 5.03 Å². The molecule has 0 aliphatic heterocycles. The van der Waals surface area contributed by atoms with Crippen molar-refractivity contribution in [3.63, 3.8) is 0 Å². The predicted molar refractivity (Wildman–Crippen MR) is 124 cm³/mol. The summed E-state index contributed by atoms with van der Waals surface area (Å²) in [4.78, 5) is 17.2. The first-order chi connectivity index (χ1) is 14.5. The zero-order valence-electron chi connectivity index (χ0n) is 16.1. The van der Waals surface area contributed by atoms with Crippen molar-refractivity contribution in [1.82, 2.24) is 10.3 Å². The highest BCUT2D eigenvalue weighted by Gasteiger charge is 2.16. The van der Waals surface area contributed by atoms with E-state index in [-0.39, 0.29) is 11.7 Å². The van der Waals surface area contributed by atoms with Crippen LogP contribution < -0.4 is 5.32 Å². The molecule has 0 fully saturated rings. The topological polar surface area (TPSA) is 76.1 Å². The Hall–Kier alpha value is -2.16. The molecule has 0 saturated heterocycles. The Morgan fingerprint density at radius 1 is 1.00 bits per heavy atom. The van der Waals surface area contributed by atoms with Crippen molar-refractivity contribution in [2.24, 2.45) is 0 Å². The minimum absolute atomic E-state index is 0.0249. The molecule has 0 aliphatic carbocycles. The number of nitrogens with one attached hydrogen (secondary N) is 1. The minimum Gasteiger partial charge on any atom is -0.352 e. The Bertz CT molecular complexity index is 1090. The maximum atomic E-state index is 12.6. The van der Waals surface area contributed by atoms with Gasteiger partial charge < -0.3 is 5.32 Å². The van der Waals surface area contributed by atoms with Crippen molar-refractivity contribution in [1.29, 1.82) is 0 Å². The van der Waals surface area contributed by atoms with Crippen LogP contribution in [0.2, 0.25) is 0 Å². The van der Waals surface area contributed by atoms with Gasteiger partial charge in [0.05, 0.1) is 16.2 Å². The minimum atomic E-state index is -3.36. The van der Waals surface area contributed by atoms with E-state index in [0.717, 1.165) is 16.5 Å². The number of pyridine rings is 1. The number of rotatable bonds is 9. The zero-order chi connectivity index (χ0) is 21.4. The second-order valence-electron chi connectivity index (χ2n) is 6.47. The van der Waals surface area contributed by atoms with E-state index < -0.39 is 9.84 Å². The smallest absolute Gasteiger partial charge is 0.254 e. The van der Waals surface area contributed by atoms with E-state index in [1.807, 2.05) is 24.3 Å². The number of nitrogens with zero attached hydrogens (tertiary/aromatic N) is 1. The molecular weight excluding hydrogens is 484 g/mol. The van der Waals surface area contributed by atoms with Crippen LogP contribution in [0.3, 0.4) is 0 Å². The van der Waals surface area contributed by atoms with Gasteiger partial charge >= 0.3 is 0 Å². The molecule has 0 radical (unpaired) electrons. The molecule has 0 saturated carbocycles. The van der Waals surface area contributed by atoms with E-state index in [4.69, 9.17) is 0 Å². The number of carbonyl (C=O) groups is 1. The third kappa shape index (κ3) is 6.42. The van der Waals surface area contributed by atoms with Crippen molar-refractivity contribution < 1.29 is 13.2 Å². The number of hydrogen-bond acceptors (Lipinski definition) is 5. The summed E-state index contributed by atoms with van der Waals surface area (Å²) in [5.41, 5.74) is 1.58. The monoisotopic (exact) mass is 504 g/mol. The molecule has 1 amide bonds. The summed E-state index contributed by atoms with van der Waals surface area (Å²) in [5, 5.41) is 3.44. The van der Waals surface area contributed by atoms with E-state index in [9.17, 15) is 13.2 Å². The summed E-state index contributed by atoms with van der Waals surface area (Å²) < 4.78 is 25.9. The van der Waals surface area contributed by atoms with Gasteiger partial charge in [-0.2, -0.15) is 0 Å². The highest BCUT2D eigenvalue weighted by molar-refractivity contribution is 9.10. The molecule has 30 heavy (non-hydrogen) atoms. The largest absolute Gasteiger partial charge is 0.352 e. The van der Waals surface area contributed by atoms with E-state index >= 15 is 0 Å². The molecule has 3 rings (SSSR count). The number of hydrogen-bond donors (Lipinski definition) is 1. The first-order valence-corrected chi connectivity index (χ1v) is 12.8. The van der Waals surface area contributed by atoms with Crippen molar-refractivity contribution in [3.05, 3.63) is 88.5 Å². The maximum Gasteiger partial charge on any atom is 0.254 e. The van der Waals surface area contributed by atoms with Gasteiger partial charge in [-0.05, 0) is 48.4 Å². The lowest BCUT2D eigenvalue weighted by Gasteiger charge is -2.09. The Morgan fingerprint density at radius 3 is 2.47 bits per heavy atom. The number of sulfone groups is 1. The lowest BCUT2D eigenvalue weighted by molar-refractivity contribution is 0.0950. The second kappa shape index (κ2) is 10.7. The highest BCUT2D eigenvalue weighted by atomic mass is 79.9. The average Bonchev–Trinajstić information content (AvgIpc) is 2.76. The molecule has 8 heteroatoms. The number of thioether (sulfide) groups is 1. The standard InChI is InChI=1S/C22H21BrN2O3S2/c23-18-10-8-17(9-11-18)12-14-24-21(26)20-7-4-13-25-22(20)29-15-16-30(27,28)19-5-2-1-3-6-19/h1-11,13H,12,14-16H2,(H,24,26). The molecule has 1 N–H and O–H groups in total. The molecule has 5 nitrogen and oxygen atoms in total. The highest BCUT2D eigenvalue weighted by Crippen LogP contribution is 2.21. The van der Waals surface area contributed by atoms with Gasteiger partial charge in [-0.3, -0.25) is 4.79 Å². The van der Waals surface area contributed by atoms with Crippen LogP contribution >= 0.6 is 27.7 Å². The summed E-state index contributed by atoms with van der Waals surface area (Å²) >= 11 is 4.68. The van der Waals surface area contributed by atoms with Crippen molar-refractivity contribution in [2.75, 3.05) is 18.1 Å². The third-order valence-electron chi connectivity index (χ3n) is 4.32. The van der Waals surface area contributed by atoms with Crippen LogP contribution in [0.15, 0.2) is 87.3 Å². The number of amides is 1. The molecule has 0 bridgehead atoms. The molecule has 1 heterocycles. The van der Waals surface area contributed by atoms with Crippen LogP contribution in [0.4, 0.5) is 0 Å². The maximum absolute atomic E-state index is 12.6. The van der Waals surface area contributed by atoms with Gasteiger partial charge in [-0.25, -0.2) is 13.4 Å². The number of aromatic nitrogens is 1. The molecule has 0 aliphatic rings. The van der Waals surface area contributed by atoms with Crippen LogP contribution in [0.5, 0.6) is 0 Å². The Balaban J connectivity index is 1.56. The lowest BCUT2D eigenvalue weighted by Crippen LogP contribution is -2.26. The van der Waals surface area contributed by atoms with Gasteiger partial charge in [0.25, 0.3) is 5.91 Å². The van der Waals surface area contributed by atoms with Crippen LogP contribution in [0.25, 0.3) is 0 Å². The fourth-order valence-electron chi connectivity index (χ4n) is 2.74. The fraction of sp³-hybridized carbons (Fsp3) is 0.182. The van der Waals surface area contributed by atoms with Crippen molar-refractivity contribution in [2.45, 2.75) is 16.3 Å². The summed E-state index contributed by atoms with van der Waals surface area (Å²) in [5.74, 6) is 0.0738. The van der Waals surface area contributed by atoms with Gasteiger partial charge in [-0.1, -0.05) is 46.3 Å². The first-order valence-electron chi connectivity index (χ1n) is 9.34. The zero-order valence-corrected chi connectivity index (χ0v) is 19.3. The number of benzene rings is 2. The van der Waals surface area contributed by atoms with Crippen LogP contribution in [0, 0.1) is 0 Å². The average molecular weight is 505 g/mol. The molecule has 1 aromatic heterocycles. The van der Waals surface area contributed by atoms with Gasteiger partial charge in [0.15, 0.2) is 9.84 Å². The fourth-order valence-corrected chi connectivity index (χ4v) is 5.67. The quantitative estimate of drug-likeness (QED) is 0.437. The molecule has 0 spiro atoms. The Labute approximate surface area is 189 Å². The van der Waals surface area contributed by atoms with Crippen molar-refractivity contribution in [3.8, 4) is 0 Å². The SMILES string of the molecule is O=C(NCCc1ccc(Br)cc1)c1cccnc1SCCS(=O)(=O)c1ccccc1. The molecule has 0 atom stereocenters. The van der Waals surface area contributed by atoms with Crippen LogP contribution in [0.1, 0.15) is 15.9 Å².